The van der Waals surface area contributed by atoms with Crippen LogP contribution >= 0.6 is 0 Å². The first-order valence-electron chi connectivity index (χ1n) is 10.4. The molecule has 1 aliphatic heterocycles. The van der Waals surface area contributed by atoms with E-state index in [2.05, 4.69) is 26.1 Å². The summed E-state index contributed by atoms with van der Waals surface area (Å²) >= 11 is 0. The first-order chi connectivity index (χ1) is 14.7. The SMILES string of the molecule is [C-]#[N+]c1ccc2c(c1)CCC(N1CCN(CCc3ccc4nonc4c3)C(=O)C1)C2. The number of benzene rings is 2. The Hall–Kier alpha value is -3.24. The van der Waals surface area contributed by atoms with Crippen molar-refractivity contribution in [3.63, 3.8) is 0 Å². The average molecular weight is 401 g/mol. The lowest BCUT2D eigenvalue weighted by atomic mass is 9.87. The number of aromatic nitrogens is 2. The van der Waals surface area contributed by atoms with Crippen molar-refractivity contribution >= 4 is 22.6 Å². The molecule has 152 valence electrons. The van der Waals surface area contributed by atoms with Crippen LogP contribution in [0.2, 0.25) is 0 Å². The zero-order valence-electron chi connectivity index (χ0n) is 16.8. The Morgan fingerprint density at radius 2 is 2.00 bits per heavy atom. The van der Waals surface area contributed by atoms with Crippen molar-refractivity contribution in [2.75, 3.05) is 26.2 Å². The van der Waals surface area contributed by atoms with Crippen LogP contribution in [-0.4, -0.2) is 58.2 Å². The van der Waals surface area contributed by atoms with E-state index in [-0.39, 0.29) is 5.91 Å². The zero-order valence-corrected chi connectivity index (χ0v) is 16.8. The first kappa shape index (κ1) is 18.8. The molecule has 1 aromatic heterocycles. The second-order valence-corrected chi connectivity index (χ2v) is 8.15. The quantitative estimate of drug-likeness (QED) is 0.629. The molecule has 0 spiro atoms. The molecule has 2 heterocycles. The molecule has 0 bridgehead atoms. The number of aryl methyl sites for hydroxylation is 1. The molecule has 7 nitrogen and oxygen atoms in total. The van der Waals surface area contributed by atoms with Gasteiger partial charge in [0.2, 0.25) is 5.91 Å². The summed E-state index contributed by atoms with van der Waals surface area (Å²) in [7, 11) is 0. The minimum atomic E-state index is 0.208. The third-order valence-electron chi connectivity index (χ3n) is 6.37. The fourth-order valence-corrected chi connectivity index (χ4v) is 4.63. The van der Waals surface area contributed by atoms with Crippen molar-refractivity contribution < 1.29 is 9.42 Å². The van der Waals surface area contributed by atoms with Gasteiger partial charge in [-0.1, -0.05) is 29.8 Å². The predicted molar refractivity (Wildman–Crippen MR) is 112 cm³/mol. The van der Waals surface area contributed by atoms with Gasteiger partial charge in [-0.3, -0.25) is 9.69 Å². The molecule has 1 amide bonds. The summed E-state index contributed by atoms with van der Waals surface area (Å²) in [6.45, 7) is 10.1. The van der Waals surface area contributed by atoms with Gasteiger partial charge in [-0.15, -0.1) is 0 Å². The molecule has 1 saturated heterocycles. The summed E-state index contributed by atoms with van der Waals surface area (Å²) in [6, 6.07) is 12.3. The third-order valence-corrected chi connectivity index (χ3v) is 6.37. The second-order valence-electron chi connectivity index (χ2n) is 8.15. The molecule has 30 heavy (non-hydrogen) atoms. The van der Waals surface area contributed by atoms with Crippen LogP contribution in [0.15, 0.2) is 41.0 Å². The maximum atomic E-state index is 12.8. The molecule has 2 aromatic carbocycles. The highest BCUT2D eigenvalue weighted by Crippen LogP contribution is 2.28. The van der Waals surface area contributed by atoms with Gasteiger partial charge in [-0.2, -0.15) is 0 Å². The number of hydrogen-bond donors (Lipinski definition) is 0. The molecule has 0 N–H and O–H groups in total. The number of rotatable bonds is 4. The maximum Gasteiger partial charge on any atom is 0.236 e. The van der Waals surface area contributed by atoms with Gasteiger partial charge in [-0.05, 0) is 59.3 Å². The molecule has 0 radical (unpaired) electrons. The molecule has 7 heteroatoms. The van der Waals surface area contributed by atoms with Crippen LogP contribution in [-0.2, 0) is 24.1 Å². The van der Waals surface area contributed by atoms with Gasteiger partial charge in [0.15, 0.2) is 5.69 Å². The topological polar surface area (TPSA) is 66.8 Å². The molecule has 5 rings (SSSR count). The van der Waals surface area contributed by atoms with E-state index in [1.807, 2.05) is 35.2 Å². The fourth-order valence-electron chi connectivity index (χ4n) is 4.63. The average Bonchev–Trinajstić information content (AvgIpc) is 3.25. The summed E-state index contributed by atoms with van der Waals surface area (Å²) in [5.41, 5.74) is 5.98. The zero-order chi connectivity index (χ0) is 20.5. The van der Waals surface area contributed by atoms with Crippen LogP contribution in [0.5, 0.6) is 0 Å². The number of carbonyl (C=O) groups excluding carboxylic acids is 1. The minimum Gasteiger partial charge on any atom is -0.340 e. The van der Waals surface area contributed by atoms with E-state index >= 15 is 0 Å². The van der Waals surface area contributed by atoms with Gasteiger partial charge in [0.1, 0.15) is 11.0 Å². The molecule has 1 aliphatic carbocycles. The number of carbonyl (C=O) groups is 1. The summed E-state index contributed by atoms with van der Waals surface area (Å²) in [6.07, 6.45) is 3.80. The van der Waals surface area contributed by atoms with E-state index in [9.17, 15) is 4.79 Å². The van der Waals surface area contributed by atoms with Crippen LogP contribution in [0.4, 0.5) is 5.69 Å². The van der Waals surface area contributed by atoms with Crippen molar-refractivity contribution in [3.05, 3.63) is 64.5 Å². The molecule has 1 unspecified atom stereocenters. The molecular weight excluding hydrogens is 378 g/mol. The monoisotopic (exact) mass is 401 g/mol. The number of nitrogens with zero attached hydrogens (tertiary/aromatic N) is 5. The number of amides is 1. The smallest absolute Gasteiger partial charge is 0.236 e. The van der Waals surface area contributed by atoms with Crippen molar-refractivity contribution in [2.24, 2.45) is 0 Å². The van der Waals surface area contributed by atoms with E-state index in [0.29, 0.717) is 12.6 Å². The number of fused-ring (bicyclic) bond motifs is 2. The molecular formula is C23H23N5O2. The van der Waals surface area contributed by atoms with Crippen LogP contribution in [0, 0.1) is 6.57 Å². The molecule has 3 aromatic rings. The van der Waals surface area contributed by atoms with Gasteiger partial charge >= 0.3 is 0 Å². The van der Waals surface area contributed by atoms with E-state index in [1.54, 1.807) is 0 Å². The summed E-state index contributed by atoms with van der Waals surface area (Å²) in [4.78, 5) is 20.6. The normalized spacial score (nSPS) is 19.6. The Morgan fingerprint density at radius 1 is 1.10 bits per heavy atom. The van der Waals surface area contributed by atoms with Gasteiger partial charge in [-0.25, -0.2) is 9.47 Å². The molecule has 1 fully saturated rings. The minimum absolute atomic E-state index is 0.208. The fraction of sp³-hybridized carbons (Fsp3) is 0.391. The maximum absolute atomic E-state index is 12.8. The summed E-state index contributed by atoms with van der Waals surface area (Å²) in [5, 5.41) is 7.72. The summed E-state index contributed by atoms with van der Waals surface area (Å²) in [5.74, 6) is 0.208. The highest BCUT2D eigenvalue weighted by atomic mass is 16.6. The molecule has 2 aliphatic rings. The lowest BCUT2D eigenvalue weighted by Crippen LogP contribution is -2.54. The Kier molecular flexibility index (Phi) is 4.93. The van der Waals surface area contributed by atoms with E-state index in [4.69, 9.17) is 11.2 Å². The predicted octanol–water partition coefficient (Wildman–Crippen LogP) is 3.02. The highest BCUT2D eigenvalue weighted by Gasteiger charge is 2.30. The Balaban J connectivity index is 1.17. The number of piperazine rings is 1. The van der Waals surface area contributed by atoms with Crippen LogP contribution in [0.3, 0.4) is 0 Å². The molecule has 1 atom stereocenters. The lowest BCUT2D eigenvalue weighted by molar-refractivity contribution is -0.137. The van der Waals surface area contributed by atoms with Gasteiger partial charge in [0.05, 0.1) is 13.1 Å². The van der Waals surface area contributed by atoms with Gasteiger partial charge in [0.25, 0.3) is 0 Å². The van der Waals surface area contributed by atoms with Crippen molar-refractivity contribution in [2.45, 2.75) is 31.7 Å². The van der Waals surface area contributed by atoms with Gasteiger partial charge < -0.3 is 4.90 Å². The lowest BCUT2D eigenvalue weighted by Gasteiger charge is -2.40. The van der Waals surface area contributed by atoms with E-state index in [1.165, 1.54) is 11.1 Å². The van der Waals surface area contributed by atoms with Gasteiger partial charge in [0, 0.05) is 25.7 Å². The second kappa shape index (κ2) is 7.88. The highest BCUT2D eigenvalue weighted by molar-refractivity contribution is 5.79. The standard InChI is InChI=1S/C23H23N5O2/c1-24-19-5-3-18-14-20(6-4-17(18)13-19)28-11-10-27(23(29)15-28)9-8-16-2-7-21-22(12-16)26-30-25-21/h2-3,5,7,12-13,20H,4,6,8-11,14-15H2. The first-order valence-corrected chi connectivity index (χ1v) is 10.4. The van der Waals surface area contributed by atoms with Crippen LogP contribution in [0.25, 0.3) is 15.9 Å². The summed E-state index contributed by atoms with van der Waals surface area (Å²) < 4.78 is 4.75. The van der Waals surface area contributed by atoms with Crippen molar-refractivity contribution in [1.82, 2.24) is 20.1 Å². The Bertz CT molecular complexity index is 1130. The van der Waals surface area contributed by atoms with Crippen molar-refractivity contribution in [3.8, 4) is 0 Å². The third kappa shape index (κ3) is 3.66. The van der Waals surface area contributed by atoms with E-state index < -0.39 is 0 Å². The number of hydrogen-bond acceptors (Lipinski definition) is 5. The van der Waals surface area contributed by atoms with E-state index in [0.717, 1.165) is 67.6 Å². The Morgan fingerprint density at radius 3 is 2.87 bits per heavy atom. The van der Waals surface area contributed by atoms with Crippen LogP contribution < -0.4 is 0 Å². The molecule has 0 saturated carbocycles. The van der Waals surface area contributed by atoms with Crippen LogP contribution in [0.1, 0.15) is 23.1 Å². The van der Waals surface area contributed by atoms with Crippen molar-refractivity contribution in [1.29, 1.82) is 0 Å². The largest absolute Gasteiger partial charge is 0.340 e. The Labute approximate surface area is 175 Å².